The molecule has 0 saturated heterocycles. The smallest absolute Gasteiger partial charge is 0.312 e. The monoisotopic (exact) mass is 145 g/mol. The van der Waals surface area contributed by atoms with E-state index < -0.39 is 0 Å². The second kappa shape index (κ2) is 3.56. The molecule has 3 heteroatoms. The zero-order valence-electron chi connectivity index (χ0n) is 6.81. The van der Waals surface area contributed by atoms with Crippen LogP contribution in [0, 0.1) is 5.41 Å². The van der Waals surface area contributed by atoms with Gasteiger partial charge < -0.3 is 4.74 Å². The van der Waals surface area contributed by atoms with Crippen molar-refractivity contribution in [3.63, 3.8) is 0 Å². The zero-order chi connectivity index (χ0) is 8.20. The Balaban J connectivity index is 3.91. The van der Waals surface area contributed by atoms with Gasteiger partial charge in [-0.3, -0.25) is 10.5 Å². The lowest BCUT2D eigenvalue weighted by Crippen LogP contribution is -2.27. The van der Waals surface area contributed by atoms with Crippen LogP contribution in [0.4, 0.5) is 0 Å². The van der Waals surface area contributed by atoms with Crippen LogP contribution in [0.15, 0.2) is 0 Å². The van der Waals surface area contributed by atoms with Crippen molar-refractivity contribution in [2.24, 2.45) is 11.1 Å². The van der Waals surface area contributed by atoms with Gasteiger partial charge in [0.2, 0.25) is 0 Å². The van der Waals surface area contributed by atoms with Gasteiger partial charge in [-0.25, -0.2) is 0 Å². The Hall–Kier alpha value is -0.570. The molecule has 0 heterocycles. The van der Waals surface area contributed by atoms with Crippen LogP contribution >= 0.6 is 0 Å². The lowest BCUT2D eigenvalue weighted by molar-refractivity contribution is -0.153. The molecule has 0 aromatic rings. The van der Waals surface area contributed by atoms with E-state index in [0.717, 1.165) is 6.42 Å². The zero-order valence-corrected chi connectivity index (χ0v) is 6.81. The van der Waals surface area contributed by atoms with Gasteiger partial charge in [0.05, 0.1) is 5.41 Å². The van der Waals surface area contributed by atoms with Crippen LogP contribution in [0.2, 0.25) is 0 Å². The largest absolute Gasteiger partial charge is 0.450 e. The van der Waals surface area contributed by atoms with E-state index in [1.807, 2.05) is 20.8 Å². The Morgan fingerprint density at radius 3 is 2.40 bits per heavy atom. The quantitative estimate of drug-likeness (QED) is 0.474. The summed E-state index contributed by atoms with van der Waals surface area (Å²) in [5, 5.41) is 0. The van der Waals surface area contributed by atoms with Crippen molar-refractivity contribution in [2.75, 3.05) is 6.73 Å². The standard InChI is InChI=1S/C7H15NO2/c1-4-7(2,3)6(9)10-5-8/h4-5,8H2,1-3H3. The van der Waals surface area contributed by atoms with E-state index in [0.29, 0.717) is 0 Å². The fourth-order valence-corrected chi connectivity index (χ4v) is 0.415. The van der Waals surface area contributed by atoms with E-state index in [2.05, 4.69) is 4.74 Å². The third-order valence-electron chi connectivity index (χ3n) is 1.65. The number of carbonyl (C=O) groups is 1. The number of hydrogen-bond acceptors (Lipinski definition) is 3. The van der Waals surface area contributed by atoms with E-state index in [1.165, 1.54) is 0 Å². The highest BCUT2D eigenvalue weighted by Gasteiger charge is 2.26. The average Bonchev–Trinajstić information content (AvgIpc) is 1.89. The molecule has 0 amide bonds. The van der Waals surface area contributed by atoms with E-state index in [9.17, 15) is 4.79 Å². The first-order valence-corrected chi connectivity index (χ1v) is 3.42. The summed E-state index contributed by atoms with van der Waals surface area (Å²) in [5.41, 5.74) is 4.65. The Bertz CT molecular complexity index is 121. The topological polar surface area (TPSA) is 52.3 Å². The van der Waals surface area contributed by atoms with Gasteiger partial charge in [0.1, 0.15) is 6.73 Å². The molecule has 0 saturated carbocycles. The van der Waals surface area contributed by atoms with E-state index in [1.54, 1.807) is 0 Å². The maximum Gasteiger partial charge on any atom is 0.312 e. The molecule has 0 aliphatic heterocycles. The van der Waals surface area contributed by atoms with Crippen LogP contribution in [0.5, 0.6) is 0 Å². The van der Waals surface area contributed by atoms with Gasteiger partial charge in [-0.05, 0) is 20.3 Å². The van der Waals surface area contributed by atoms with Crippen LogP contribution in [0.25, 0.3) is 0 Å². The molecule has 0 atom stereocenters. The fraction of sp³-hybridized carbons (Fsp3) is 0.857. The molecule has 0 aromatic carbocycles. The highest BCUT2D eigenvalue weighted by molar-refractivity contribution is 5.75. The average molecular weight is 145 g/mol. The van der Waals surface area contributed by atoms with Crippen molar-refractivity contribution >= 4 is 5.97 Å². The lowest BCUT2D eigenvalue weighted by Gasteiger charge is -2.19. The van der Waals surface area contributed by atoms with Gasteiger partial charge in [0.25, 0.3) is 0 Å². The van der Waals surface area contributed by atoms with Crippen LogP contribution in [0.1, 0.15) is 27.2 Å². The molecule has 0 aliphatic carbocycles. The summed E-state index contributed by atoms with van der Waals surface area (Å²) in [6, 6.07) is 0. The van der Waals surface area contributed by atoms with Gasteiger partial charge in [-0.1, -0.05) is 6.92 Å². The van der Waals surface area contributed by atoms with E-state index in [-0.39, 0.29) is 18.1 Å². The summed E-state index contributed by atoms with van der Waals surface area (Å²) in [7, 11) is 0. The molecule has 0 rings (SSSR count). The Morgan fingerprint density at radius 2 is 2.10 bits per heavy atom. The molecule has 0 fully saturated rings. The van der Waals surface area contributed by atoms with Crippen LogP contribution < -0.4 is 5.73 Å². The van der Waals surface area contributed by atoms with Crippen molar-refractivity contribution in [1.82, 2.24) is 0 Å². The summed E-state index contributed by atoms with van der Waals surface area (Å²) < 4.78 is 4.64. The first-order chi connectivity index (χ1) is 4.54. The molecule has 10 heavy (non-hydrogen) atoms. The molecule has 0 aliphatic rings. The Morgan fingerprint density at radius 1 is 1.60 bits per heavy atom. The maximum absolute atomic E-state index is 11.0. The molecular formula is C7H15NO2. The van der Waals surface area contributed by atoms with Gasteiger partial charge in [-0.2, -0.15) is 0 Å². The predicted octanol–water partition coefficient (Wildman–Crippen LogP) is 0.882. The van der Waals surface area contributed by atoms with Crippen molar-refractivity contribution in [1.29, 1.82) is 0 Å². The molecule has 0 aromatic heterocycles. The maximum atomic E-state index is 11.0. The van der Waals surface area contributed by atoms with Crippen molar-refractivity contribution in [3.05, 3.63) is 0 Å². The molecule has 0 bridgehead atoms. The molecule has 3 nitrogen and oxygen atoms in total. The number of ether oxygens (including phenoxy) is 1. The Kier molecular flexibility index (Phi) is 3.36. The van der Waals surface area contributed by atoms with Crippen molar-refractivity contribution in [3.8, 4) is 0 Å². The summed E-state index contributed by atoms with van der Waals surface area (Å²) >= 11 is 0. The van der Waals surface area contributed by atoms with Crippen LogP contribution in [-0.2, 0) is 9.53 Å². The van der Waals surface area contributed by atoms with Crippen LogP contribution in [0.3, 0.4) is 0 Å². The van der Waals surface area contributed by atoms with Crippen LogP contribution in [-0.4, -0.2) is 12.7 Å². The minimum Gasteiger partial charge on any atom is -0.450 e. The molecule has 2 N–H and O–H groups in total. The number of nitrogens with two attached hydrogens (primary N) is 1. The minimum atomic E-state index is -0.390. The third-order valence-corrected chi connectivity index (χ3v) is 1.65. The van der Waals surface area contributed by atoms with Crippen molar-refractivity contribution in [2.45, 2.75) is 27.2 Å². The SMILES string of the molecule is CCC(C)(C)C(=O)OCN. The highest BCUT2D eigenvalue weighted by atomic mass is 16.5. The molecule has 0 radical (unpaired) electrons. The second-order valence-electron chi connectivity index (χ2n) is 2.84. The summed E-state index contributed by atoms with van der Waals surface area (Å²) in [6.45, 7) is 5.59. The second-order valence-corrected chi connectivity index (χ2v) is 2.84. The van der Waals surface area contributed by atoms with E-state index in [4.69, 9.17) is 5.73 Å². The van der Waals surface area contributed by atoms with Gasteiger partial charge in [-0.15, -0.1) is 0 Å². The minimum absolute atomic E-state index is 0.0255. The normalized spacial score (nSPS) is 11.2. The molecule has 0 unspecified atom stereocenters. The number of esters is 1. The lowest BCUT2D eigenvalue weighted by atomic mass is 9.91. The van der Waals surface area contributed by atoms with E-state index >= 15 is 0 Å². The summed E-state index contributed by atoms with van der Waals surface area (Å²) in [4.78, 5) is 11.0. The van der Waals surface area contributed by atoms with Gasteiger partial charge >= 0.3 is 5.97 Å². The Labute approximate surface area is 61.5 Å². The molecule has 60 valence electrons. The van der Waals surface area contributed by atoms with Gasteiger partial charge in [0.15, 0.2) is 0 Å². The number of rotatable bonds is 3. The summed E-state index contributed by atoms with van der Waals surface area (Å²) in [6.07, 6.45) is 0.770. The third kappa shape index (κ3) is 2.35. The highest BCUT2D eigenvalue weighted by Crippen LogP contribution is 2.20. The van der Waals surface area contributed by atoms with Crippen molar-refractivity contribution < 1.29 is 9.53 Å². The fourth-order valence-electron chi connectivity index (χ4n) is 0.415. The predicted molar refractivity (Wildman–Crippen MR) is 39.2 cm³/mol. The molecular weight excluding hydrogens is 130 g/mol. The first-order valence-electron chi connectivity index (χ1n) is 3.42. The molecule has 0 spiro atoms. The summed E-state index contributed by atoms with van der Waals surface area (Å²) in [5.74, 6) is -0.225. The number of carbonyl (C=O) groups excluding carboxylic acids is 1. The number of hydrogen-bond donors (Lipinski definition) is 1. The first kappa shape index (κ1) is 9.43. The van der Waals surface area contributed by atoms with Gasteiger partial charge in [0, 0.05) is 0 Å².